The Kier molecular flexibility index (Phi) is 5.10. The van der Waals surface area contributed by atoms with E-state index in [1.165, 1.54) is 0 Å². The van der Waals surface area contributed by atoms with E-state index in [2.05, 4.69) is 55.8 Å². The van der Waals surface area contributed by atoms with Crippen LogP contribution in [0.4, 0.5) is 0 Å². The number of carbonyl (C=O) groups is 1. The number of aromatic nitrogens is 1. The first-order valence-electron chi connectivity index (χ1n) is 11.8. The first kappa shape index (κ1) is 21.7. The maximum atomic E-state index is 13.9. The fourth-order valence-corrected chi connectivity index (χ4v) is 5.77. The van der Waals surface area contributed by atoms with Gasteiger partial charge in [0, 0.05) is 33.6 Å². The average molecular weight is 442 g/mol. The molecular formula is C28H31N3O2. The highest BCUT2D eigenvalue weighted by molar-refractivity contribution is 6.20. The molecule has 33 heavy (non-hydrogen) atoms. The molecule has 0 radical (unpaired) electrons. The summed E-state index contributed by atoms with van der Waals surface area (Å²) in [6.07, 6.45) is 2.14. The molecule has 0 amide bonds. The number of aromatic amines is 1. The minimum atomic E-state index is -0.392. The lowest BCUT2D eigenvalue weighted by atomic mass is 9.70. The van der Waals surface area contributed by atoms with Gasteiger partial charge < -0.3 is 14.6 Å². The van der Waals surface area contributed by atoms with Crippen molar-refractivity contribution in [2.45, 2.75) is 57.9 Å². The van der Waals surface area contributed by atoms with E-state index in [0.717, 1.165) is 70.5 Å². The highest BCUT2D eigenvalue weighted by Gasteiger charge is 2.41. The molecule has 0 saturated carbocycles. The van der Waals surface area contributed by atoms with Crippen LogP contribution in [0, 0.1) is 11.3 Å². The van der Waals surface area contributed by atoms with Gasteiger partial charge in [-0.05, 0) is 81.1 Å². The molecule has 0 unspecified atom stereocenters. The van der Waals surface area contributed by atoms with Gasteiger partial charge in [0.1, 0.15) is 5.75 Å². The van der Waals surface area contributed by atoms with Crippen LogP contribution in [0.1, 0.15) is 84.8 Å². The molecule has 3 aromatic rings. The molecule has 5 rings (SSSR count). The molecular weight excluding hydrogens is 410 g/mol. The van der Waals surface area contributed by atoms with Crippen LogP contribution in [-0.2, 0) is 5.41 Å². The van der Waals surface area contributed by atoms with Crippen molar-refractivity contribution in [1.29, 1.82) is 5.26 Å². The Bertz CT molecular complexity index is 1300. The lowest BCUT2D eigenvalue weighted by Gasteiger charge is -2.37. The molecule has 2 heterocycles. The number of methoxy groups -OCH3 is 1. The van der Waals surface area contributed by atoms with Crippen LogP contribution < -0.4 is 4.74 Å². The Morgan fingerprint density at radius 3 is 2.55 bits per heavy atom. The third-order valence-electron chi connectivity index (χ3n) is 7.77. The van der Waals surface area contributed by atoms with E-state index in [4.69, 9.17) is 4.74 Å². The Balaban J connectivity index is 1.63. The van der Waals surface area contributed by atoms with Crippen LogP contribution in [0.3, 0.4) is 0 Å². The van der Waals surface area contributed by atoms with Gasteiger partial charge in [-0.1, -0.05) is 19.9 Å². The van der Waals surface area contributed by atoms with Gasteiger partial charge in [0.15, 0.2) is 5.78 Å². The van der Waals surface area contributed by atoms with Gasteiger partial charge in [-0.2, -0.15) is 5.26 Å². The summed E-state index contributed by atoms with van der Waals surface area (Å²) in [5, 5.41) is 10.2. The third kappa shape index (κ3) is 3.28. The van der Waals surface area contributed by atoms with Gasteiger partial charge in [0.05, 0.1) is 24.3 Å². The summed E-state index contributed by atoms with van der Waals surface area (Å²) in [5.41, 5.74) is 5.59. The van der Waals surface area contributed by atoms with Gasteiger partial charge in [-0.25, -0.2) is 0 Å². The predicted molar refractivity (Wildman–Crippen MR) is 130 cm³/mol. The quantitative estimate of drug-likeness (QED) is 0.582. The van der Waals surface area contributed by atoms with Crippen molar-refractivity contribution in [1.82, 2.24) is 9.88 Å². The summed E-state index contributed by atoms with van der Waals surface area (Å²) in [7, 11) is 1.73. The summed E-state index contributed by atoms with van der Waals surface area (Å²) < 4.78 is 5.87. The number of piperidine rings is 1. The molecule has 1 aliphatic carbocycles. The van der Waals surface area contributed by atoms with Crippen LogP contribution in [-0.4, -0.2) is 41.9 Å². The van der Waals surface area contributed by atoms with E-state index >= 15 is 0 Å². The normalized spacial score (nSPS) is 18.3. The predicted octanol–water partition coefficient (Wildman–Crippen LogP) is 5.51. The van der Waals surface area contributed by atoms with Crippen molar-refractivity contribution < 1.29 is 9.53 Å². The zero-order valence-electron chi connectivity index (χ0n) is 20.1. The molecule has 5 nitrogen and oxygen atoms in total. The number of nitrogens with zero attached hydrogens (tertiary/aromatic N) is 2. The van der Waals surface area contributed by atoms with Crippen molar-refractivity contribution in [3.63, 3.8) is 0 Å². The first-order chi connectivity index (χ1) is 15.8. The molecule has 2 aliphatic rings. The van der Waals surface area contributed by atoms with Crippen LogP contribution >= 0.6 is 0 Å². The molecule has 1 saturated heterocycles. The SMILES string of the molecule is COc1cc2c(cc1C1CCN(C(C)C)CC1)C(=O)c1c([nH]c3cc(C#N)ccc13)C2(C)C. The van der Waals surface area contributed by atoms with Gasteiger partial charge in [0.2, 0.25) is 0 Å². The topological polar surface area (TPSA) is 69.1 Å². The fourth-order valence-electron chi connectivity index (χ4n) is 5.77. The number of likely N-dealkylation sites (tertiary alicyclic amines) is 1. The highest BCUT2D eigenvalue weighted by Crippen LogP contribution is 2.47. The molecule has 1 aliphatic heterocycles. The van der Waals surface area contributed by atoms with Crippen molar-refractivity contribution in [3.05, 3.63) is 63.8 Å². The molecule has 0 atom stereocenters. The molecule has 1 aromatic heterocycles. The summed E-state index contributed by atoms with van der Waals surface area (Å²) in [6, 6.07) is 12.5. The monoisotopic (exact) mass is 441 g/mol. The number of carbonyl (C=O) groups excluding carboxylic acids is 1. The first-order valence-corrected chi connectivity index (χ1v) is 11.8. The molecule has 5 heteroatoms. The van der Waals surface area contributed by atoms with Crippen molar-refractivity contribution in [2.24, 2.45) is 0 Å². The standard InChI is InChI=1S/C28H31N3O2/c1-16(2)31-10-8-18(9-11-31)20-13-21-22(14-24(20)33-5)28(3,4)27-25(26(21)32)19-7-6-17(15-29)12-23(19)30-27/h6-7,12-14,16,18,30H,8-11H2,1-5H3. The van der Waals surface area contributed by atoms with Crippen LogP contribution in [0.2, 0.25) is 0 Å². The summed E-state index contributed by atoms with van der Waals surface area (Å²) in [5.74, 6) is 1.32. The van der Waals surface area contributed by atoms with Crippen LogP contribution in [0.25, 0.3) is 10.9 Å². The maximum Gasteiger partial charge on any atom is 0.195 e. The second-order valence-corrected chi connectivity index (χ2v) is 10.2. The molecule has 170 valence electrons. The highest BCUT2D eigenvalue weighted by atomic mass is 16.5. The number of nitrogens with one attached hydrogen (secondary N) is 1. The number of fused-ring (bicyclic) bond motifs is 4. The van der Waals surface area contributed by atoms with Crippen molar-refractivity contribution in [2.75, 3.05) is 20.2 Å². The Morgan fingerprint density at radius 2 is 1.91 bits per heavy atom. The minimum Gasteiger partial charge on any atom is -0.496 e. The number of H-pyrrole nitrogens is 1. The van der Waals surface area contributed by atoms with Crippen LogP contribution in [0.15, 0.2) is 30.3 Å². The summed E-state index contributed by atoms with van der Waals surface area (Å²) in [4.78, 5) is 19.8. The molecule has 2 aromatic carbocycles. The molecule has 1 fully saturated rings. The largest absolute Gasteiger partial charge is 0.496 e. The van der Waals surface area contributed by atoms with Gasteiger partial charge in [-0.15, -0.1) is 0 Å². The summed E-state index contributed by atoms with van der Waals surface area (Å²) >= 11 is 0. The van der Waals surface area contributed by atoms with Gasteiger partial charge in [-0.3, -0.25) is 4.79 Å². The second kappa shape index (κ2) is 7.74. The average Bonchev–Trinajstić information content (AvgIpc) is 3.22. The lowest BCUT2D eigenvalue weighted by molar-refractivity contribution is 0.103. The number of ether oxygens (including phenoxy) is 1. The van der Waals surface area contributed by atoms with E-state index < -0.39 is 5.41 Å². The smallest absolute Gasteiger partial charge is 0.195 e. The maximum absolute atomic E-state index is 13.9. The number of ketones is 1. The van der Waals surface area contributed by atoms with Gasteiger partial charge >= 0.3 is 0 Å². The van der Waals surface area contributed by atoms with Gasteiger partial charge in [0.25, 0.3) is 0 Å². The van der Waals surface area contributed by atoms with E-state index in [9.17, 15) is 10.1 Å². The zero-order valence-corrected chi connectivity index (χ0v) is 20.1. The fraction of sp³-hybridized carbons (Fsp3) is 0.429. The van der Waals surface area contributed by atoms with Crippen LogP contribution in [0.5, 0.6) is 5.75 Å². The number of rotatable bonds is 3. The Morgan fingerprint density at radius 1 is 1.18 bits per heavy atom. The van der Waals surface area contributed by atoms with E-state index in [1.54, 1.807) is 13.2 Å². The third-order valence-corrected chi connectivity index (χ3v) is 7.77. The summed E-state index contributed by atoms with van der Waals surface area (Å²) in [6.45, 7) is 10.9. The molecule has 0 spiro atoms. The number of benzene rings is 2. The molecule has 1 N–H and O–H groups in total. The lowest BCUT2D eigenvalue weighted by Crippen LogP contribution is -2.38. The van der Waals surface area contributed by atoms with Crippen molar-refractivity contribution >= 4 is 16.7 Å². The number of hydrogen-bond donors (Lipinski definition) is 1. The van der Waals surface area contributed by atoms with E-state index in [-0.39, 0.29) is 5.78 Å². The number of hydrogen-bond acceptors (Lipinski definition) is 4. The Hall–Kier alpha value is -3.10. The van der Waals surface area contributed by atoms with E-state index in [1.807, 2.05) is 12.1 Å². The molecule has 0 bridgehead atoms. The second-order valence-electron chi connectivity index (χ2n) is 10.2. The number of nitriles is 1. The Labute approximate surface area is 195 Å². The van der Waals surface area contributed by atoms with Crippen molar-refractivity contribution in [3.8, 4) is 11.8 Å². The minimum absolute atomic E-state index is 0.0544. The van der Waals surface area contributed by atoms with E-state index in [0.29, 0.717) is 17.5 Å². The zero-order chi connectivity index (χ0) is 23.5.